The third kappa shape index (κ3) is 7.84. The lowest BCUT2D eigenvalue weighted by atomic mass is 10.00. The molecular weight excluding hydrogens is 636 g/mol. The Kier molecular flexibility index (Phi) is 11.2. The SMILES string of the molecule is CCOc1cc([C@@H](Nc2cccc(C(N)=O)c2)C(=O)N2CCC[C@@H]2c2cc(N(C)C(=O)O)ccc2S(=O)(=O)C(C)C)ccc1OC(C)C. The van der Waals surface area contributed by atoms with E-state index in [0.29, 0.717) is 54.3 Å². The first-order valence-electron chi connectivity index (χ1n) is 15.9. The van der Waals surface area contributed by atoms with E-state index in [2.05, 4.69) is 5.32 Å². The molecule has 0 aliphatic carbocycles. The molecule has 48 heavy (non-hydrogen) atoms. The first-order valence-corrected chi connectivity index (χ1v) is 17.4. The molecule has 258 valence electrons. The molecular formula is C35H44N4O8S. The number of amides is 3. The van der Waals surface area contributed by atoms with Gasteiger partial charge in [-0.15, -0.1) is 0 Å². The van der Waals surface area contributed by atoms with E-state index in [-0.39, 0.29) is 28.2 Å². The number of ether oxygens (including phenoxy) is 2. The average Bonchev–Trinajstić information content (AvgIpc) is 3.53. The number of hydrogen-bond donors (Lipinski definition) is 3. The van der Waals surface area contributed by atoms with Crippen molar-refractivity contribution in [1.82, 2.24) is 4.90 Å². The van der Waals surface area contributed by atoms with Crippen LogP contribution in [0.4, 0.5) is 16.2 Å². The molecule has 4 rings (SSSR count). The molecule has 4 N–H and O–H groups in total. The normalized spacial score (nSPS) is 15.3. The second kappa shape index (κ2) is 15.0. The number of carbonyl (C=O) groups is 3. The number of nitrogens with zero attached hydrogens (tertiary/aromatic N) is 2. The third-order valence-electron chi connectivity index (χ3n) is 8.16. The van der Waals surface area contributed by atoms with Crippen LogP contribution in [0.25, 0.3) is 0 Å². The Morgan fingerprint density at radius 3 is 2.40 bits per heavy atom. The molecule has 3 aromatic carbocycles. The van der Waals surface area contributed by atoms with Crippen molar-refractivity contribution in [2.24, 2.45) is 5.73 Å². The van der Waals surface area contributed by atoms with Gasteiger partial charge in [-0.05, 0) is 107 Å². The van der Waals surface area contributed by atoms with Gasteiger partial charge < -0.3 is 30.5 Å². The van der Waals surface area contributed by atoms with Crippen molar-refractivity contribution in [1.29, 1.82) is 0 Å². The molecule has 1 aliphatic heterocycles. The Hall–Kier alpha value is -4.78. The highest BCUT2D eigenvalue weighted by Gasteiger charge is 2.38. The minimum atomic E-state index is -3.81. The predicted octanol–water partition coefficient (Wildman–Crippen LogP) is 5.78. The molecule has 3 amide bonds. The second-order valence-corrected chi connectivity index (χ2v) is 14.6. The number of carboxylic acid groups (broad SMARTS) is 1. The highest BCUT2D eigenvalue weighted by Crippen LogP contribution is 2.41. The standard InChI is InChI=1S/C35H44N4O8S/c1-7-46-30-19-23(13-15-29(30)47-21(2)3)32(37-25-11-8-10-24(18-25)33(36)40)34(41)39-17-9-12-28(39)27-20-26(38(6)35(42)43)14-16-31(27)48(44,45)22(4)5/h8,10-11,13-16,18-22,28,32,37H,7,9,12,17H2,1-6H3,(H2,36,40)(H,42,43)/t28-,32-/m1/s1. The van der Waals surface area contributed by atoms with Crippen LogP contribution in [-0.4, -0.2) is 67.9 Å². The largest absolute Gasteiger partial charge is 0.490 e. The van der Waals surface area contributed by atoms with Crippen molar-refractivity contribution in [3.05, 3.63) is 77.4 Å². The molecule has 13 heteroatoms. The van der Waals surface area contributed by atoms with Crippen LogP contribution in [0, 0.1) is 0 Å². The summed E-state index contributed by atoms with van der Waals surface area (Å²) in [5, 5.41) is 12.2. The van der Waals surface area contributed by atoms with Crippen molar-refractivity contribution < 1.29 is 37.4 Å². The van der Waals surface area contributed by atoms with Crippen LogP contribution < -0.4 is 25.4 Å². The van der Waals surface area contributed by atoms with Crippen LogP contribution in [0.5, 0.6) is 11.5 Å². The predicted molar refractivity (Wildman–Crippen MR) is 184 cm³/mol. The first-order chi connectivity index (χ1) is 22.6. The van der Waals surface area contributed by atoms with Crippen LogP contribution >= 0.6 is 0 Å². The fourth-order valence-corrected chi connectivity index (χ4v) is 6.98. The number of nitrogens with one attached hydrogen (secondary N) is 1. The number of rotatable bonds is 13. The molecule has 12 nitrogen and oxygen atoms in total. The molecule has 0 bridgehead atoms. The smallest absolute Gasteiger partial charge is 0.411 e. The van der Waals surface area contributed by atoms with Crippen LogP contribution in [0.1, 0.15) is 81.0 Å². The van der Waals surface area contributed by atoms with Gasteiger partial charge in [-0.25, -0.2) is 13.2 Å². The Bertz CT molecular complexity index is 1780. The maximum atomic E-state index is 14.8. The number of primary amides is 1. The molecule has 0 radical (unpaired) electrons. The summed E-state index contributed by atoms with van der Waals surface area (Å²) in [5.41, 5.74) is 7.43. The van der Waals surface area contributed by atoms with Gasteiger partial charge in [0.05, 0.1) is 28.9 Å². The Labute approximate surface area is 281 Å². The number of benzene rings is 3. The zero-order valence-corrected chi connectivity index (χ0v) is 28.9. The molecule has 0 saturated carbocycles. The second-order valence-electron chi connectivity index (χ2n) is 12.2. The molecule has 1 saturated heterocycles. The summed E-state index contributed by atoms with van der Waals surface area (Å²) < 4.78 is 39.0. The van der Waals surface area contributed by atoms with Gasteiger partial charge in [0, 0.05) is 30.5 Å². The number of sulfone groups is 1. The summed E-state index contributed by atoms with van der Waals surface area (Å²) >= 11 is 0. The number of likely N-dealkylation sites (tertiary alicyclic amines) is 1. The Morgan fingerprint density at radius 1 is 1.04 bits per heavy atom. The van der Waals surface area contributed by atoms with Gasteiger partial charge in [0.2, 0.25) is 11.8 Å². The molecule has 0 aromatic heterocycles. The van der Waals surface area contributed by atoms with E-state index in [9.17, 15) is 27.9 Å². The molecule has 1 aliphatic rings. The molecule has 1 heterocycles. The highest BCUT2D eigenvalue weighted by atomic mass is 32.2. The number of anilines is 2. The maximum Gasteiger partial charge on any atom is 0.411 e. The van der Waals surface area contributed by atoms with Crippen LogP contribution in [0.15, 0.2) is 65.6 Å². The van der Waals surface area contributed by atoms with Gasteiger partial charge in [0.15, 0.2) is 21.3 Å². The minimum absolute atomic E-state index is 0.0530. The van der Waals surface area contributed by atoms with Gasteiger partial charge in [-0.2, -0.15) is 0 Å². The molecule has 0 spiro atoms. The summed E-state index contributed by atoms with van der Waals surface area (Å²) in [6.45, 7) is 9.48. The third-order valence-corrected chi connectivity index (χ3v) is 10.4. The average molecular weight is 681 g/mol. The lowest BCUT2D eigenvalue weighted by Gasteiger charge is -2.32. The van der Waals surface area contributed by atoms with E-state index in [1.165, 1.54) is 19.2 Å². The van der Waals surface area contributed by atoms with Gasteiger partial charge in [-0.3, -0.25) is 14.5 Å². The molecule has 0 unspecified atom stereocenters. The number of nitrogens with two attached hydrogens (primary N) is 1. The zero-order valence-electron chi connectivity index (χ0n) is 28.1. The summed E-state index contributed by atoms with van der Waals surface area (Å²) in [7, 11) is -2.44. The number of carbonyl (C=O) groups excluding carboxylic acids is 2. The minimum Gasteiger partial charge on any atom is -0.490 e. The van der Waals surface area contributed by atoms with Crippen LogP contribution in [-0.2, 0) is 14.6 Å². The van der Waals surface area contributed by atoms with E-state index in [1.807, 2.05) is 20.8 Å². The molecule has 2 atom stereocenters. The molecule has 3 aromatic rings. The summed E-state index contributed by atoms with van der Waals surface area (Å²) in [5.74, 6) is -0.0201. The fraction of sp³-hybridized carbons (Fsp3) is 0.400. The van der Waals surface area contributed by atoms with E-state index < -0.39 is 39.2 Å². The number of hydrogen-bond acceptors (Lipinski definition) is 8. The van der Waals surface area contributed by atoms with Gasteiger partial charge >= 0.3 is 6.09 Å². The van der Waals surface area contributed by atoms with E-state index in [1.54, 1.807) is 67.3 Å². The topological polar surface area (TPSA) is 169 Å². The van der Waals surface area contributed by atoms with E-state index in [0.717, 1.165) is 4.90 Å². The van der Waals surface area contributed by atoms with Gasteiger partial charge in [-0.1, -0.05) is 12.1 Å². The Balaban J connectivity index is 1.86. The van der Waals surface area contributed by atoms with Crippen molar-refractivity contribution >= 4 is 39.1 Å². The first kappa shape index (κ1) is 36.1. The summed E-state index contributed by atoms with van der Waals surface area (Å²) in [4.78, 5) is 41.2. The maximum absolute atomic E-state index is 14.8. The molecule has 1 fully saturated rings. The summed E-state index contributed by atoms with van der Waals surface area (Å²) in [6.07, 6.45) is -0.287. The Morgan fingerprint density at radius 2 is 1.77 bits per heavy atom. The quantitative estimate of drug-likeness (QED) is 0.203. The van der Waals surface area contributed by atoms with Gasteiger partial charge in [0.25, 0.3) is 0 Å². The van der Waals surface area contributed by atoms with Crippen LogP contribution in [0.3, 0.4) is 0 Å². The monoisotopic (exact) mass is 680 g/mol. The fourth-order valence-electron chi connectivity index (χ4n) is 5.69. The van der Waals surface area contributed by atoms with Crippen molar-refractivity contribution in [2.75, 3.05) is 30.4 Å². The van der Waals surface area contributed by atoms with Crippen molar-refractivity contribution in [3.63, 3.8) is 0 Å². The highest BCUT2D eigenvalue weighted by molar-refractivity contribution is 7.92. The lowest BCUT2D eigenvalue weighted by Crippen LogP contribution is -2.38. The van der Waals surface area contributed by atoms with Crippen LogP contribution in [0.2, 0.25) is 0 Å². The lowest BCUT2D eigenvalue weighted by molar-refractivity contribution is -0.133. The van der Waals surface area contributed by atoms with Crippen molar-refractivity contribution in [3.8, 4) is 11.5 Å². The summed E-state index contributed by atoms with van der Waals surface area (Å²) in [6, 6.07) is 14.5. The van der Waals surface area contributed by atoms with E-state index >= 15 is 0 Å². The zero-order chi connectivity index (χ0) is 35.3. The van der Waals surface area contributed by atoms with Gasteiger partial charge in [0.1, 0.15) is 6.04 Å². The van der Waals surface area contributed by atoms with E-state index in [4.69, 9.17) is 15.2 Å². The van der Waals surface area contributed by atoms with Crippen molar-refractivity contribution in [2.45, 2.75) is 75.8 Å².